The van der Waals surface area contributed by atoms with Crippen LogP contribution in [-0.2, 0) is 21.3 Å². The monoisotopic (exact) mass is 491 g/mol. The van der Waals surface area contributed by atoms with Gasteiger partial charge in [-0.3, -0.25) is 9.48 Å². The van der Waals surface area contributed by atoms with Gasteiger partial charge < -0.3 is 19.5 Å². The zero-order chi connectivity index (χ0) is 25.6. The molecule has 1 saturated heterocycles. The average Bonchev–Trinajstić information content (AvgIpc) is 3.27. The second-order valence-electron chi connectivity index (χ2n) is 7.96. The minimum absolute atomic E-state index is 0.0294. The molecule has 13 heteroatoms. The van der Waals surface area contributed by atoms with Gasteiger partial charge in [0.15, 0.2) is 22.9 Å². The van der Waals surface area contributed by atoms with Crippen LogP contribution >= 0.6 is 0 Å². The number of hydrogen-bond donors (Lipinski definition) is 1. The van der Waals surface area contributed by atoms with Crippen LogP contribution in [0.4, 0.5) is 27.8 Å². The van der Waals surface area contributed by atoms with E-state index in [0.29, 0.717) is 0 Å². The average molecular weight is 491 g/mol. The first kappa shape index (κ1) is 25.4. The molecule has 8 nitrogen and oxygen atoms in total. The fourth-order valence-electron chi connectivity index (χ4n) is 4.03. The normalized spacial score (nSPS) is 24.7. The first-order chi connectivity index (χ1) is 15.8. The third-order valence-electron chi connectivity index (χ3n) is 6.10. The highest BCUT2D eigenvalue weighted by molar-refractivity contribution is 5.96. The number of aryl methyl sites for hydroxylation is 1. The third kappa shape index (κ3) is 4.08. The lowest BCUT2D eigenvalue weighted by Gasteiger charge is -2.32. The van der Waals surface area contributed by atoms with E-state index in [0.717, 1.165) is 44.0 Å². The second-order valence-corrected chi connectivity index (χ2v) is 7.96. The number of methoxy groups -OCH3 is 2. The smallest absolute Gasteiger partial charge is 0.417 e. The lowest BCUT2D eigenvalue weighted by atomic mass is 9.77. The van der Waals surface area contributed by atoms with Crippen molar-refractivity contribution in [3.8, 4) is 5.75 Å². The van der Waals surface area contributed by atoms with Crippen LogP contribution in [0.3, 0.4) is 0 Å². The van der Waals surface area contributed by atoms with Gasteiger partial charge in [-0.1, -0.05) is 13.0 Å². The number of carbonyl (C=O) groups excluding carboxylic acids is 2. The number of alkyl halides is 3. The molecule has 2 heterocycles. The number of aromatic nitrogens is 2. The minimum atomic E-state index is -4.89. The van der Waals surface area contributed by atoms with Crippen molar-refractivity contribution in [3.63, 3.8) is 0 Å². The second kappa shape index (κ2) is 8.85. The van der Waals surface area contributed by atoms with Crippen LogP contribution in [0.1, 0.15) is 35.8 Å². The number of anilines is 1. The Bertz CT molecular complexity index is 1120. The Morgan fingerprint density at radius 1 is 1.24 bits per heavy atom. The Labute approximate surface area is 191 Å². The number of rotatable bonds is 5. The van der Waals surface area contributed by atoms with Gasteiger partial charge in [0.25, 0.3) is 5.91 Å². The van der Waals surface area contributed by atoms with Crippen molar-refractivity contribution in [1.29, 1.82) is 0 Å². The molecule has 1 aromatic carbocycles. The Balaban J connectivity index is 2.07. The molecule has 0 unspecified atom stereocenters. The summed E-state index contributed by atoms with van der Waals surface area (Å²) in [5, 5.41) is 6.24. The van der Waals surface area contributed by atoms with Crippen LogP contribution in [0.25, 0.3) is 0 Å². The van der Waals surface area contributed by atoms with E-state index in [1.807, 2.05) is 0 Å². The Hall–Kier alpha value is -3.22. The van der Waals surface area contributed by atoms with Gasteiger partial charge in [0, 0.05) is 30.5 Å². The number of carbonyl (C=O) groups is 2. The Morgan fingerprint density at radius 3 is 2.44 bits per heavy atom. The predicted molar refractivity (Wildman–Crippen MR) is 107 cm³/mol. The molecule has 186 valence electrons. The summed E-state index contributed by atoms with van der Waals surface area (Å²) in [6.07, 6.45) is -6.67. The number of nitrogens with one attached hydrogen (secondary N) is 1. The van der Waals surface area contributed by atoms with Crippen molar-refractivity contribution in [2.24, 2.45) is 13.0 Å². The molecule has 0 saturated carbocycles. The lowest BCUT2D eigenvalue weighted by molar-refractivity contribution is -0.272. The van der Waals surface area contributed by atoms with Crippen molar-refractivity contribution in [2.75, 3.05) is 19.5 Å². The molecule has 1 amide bonds. The highest BCUT2D eigenvalue weighted by atomic mass is 19.4. The van der Waals surface area contributed by atoms with Gasteiger partial charge in [0.2, 0.25) is 5.82 Å². The highest BCUT2D eigenvalue weighted by Crippen LogP contribution is 2.55. The number of benzene rings is 1. The topological polar surface area (TPSA) is 91.7 Å². The first-order valence-electron chi connectivity index (χ1n) is 9.96. The predicted octanol–water partition coefficient (Wildman–Crippen LogP) is 3.57. The zero-order valence-electron chi connectivity index (χ0n) is 18.8. The van der Waals surface area contributed by atoms with Crippen LogP contribution in [0.15, 0.2) is 18.2 Å². The van der Waals surface area contributed by atoms with Crippen molar-refractivity contribution in [1.82, 2.24) is 9.78 Å². The number of hydrogen-bond acceptors (Lipinski definition) is 6. The molecule has 4 atom stereocenters. The maximum atomic E-state index is 14.4. The molecule has 0 spiro atoms. The quantitative estimate of drug-likeness (QED) is 0.508. The van der Waals surface area contributed by atoms with Crippen molar-refractivity contribution in [3.05, 3.63) is 41.1 Å². The van der Waals surface area contributed by atoms with Gasteiger partial charge in [-0.05, 0) is 13.0 Å². The minimum Gasteiger partial charge on any atom is -0.493 e. The van der Waals surface area contributed by atoms with Crippen LogP contribution < -0.4 is 10.1 Å². The van der Waals surface area contributed by atoms with Gasteiger partial charge in [-0.15, -0.1) is 0 Å². The van der Waals surface area contributed by atoms with Crippen molar-refractivity contribution in [2.45, 2.75) is 37.6 Å². The standard InChI is InChI=1S/C21H22F5N3O5/c1-9-14(10-6-7-11(22)15(23)16(10)32-4)17(34-20(9,2)21(24,25)26)18(30)27-13-8-12(19(31)33-5)28-29(13)3/h6-9,14,17H,1-5H3,(H,27,30)/t9-,14-,17+,20+/m0/s1. The van der Waals surface area contributed by atoms with Crippen molar-refractivity contribution < 1.29 is 45.8 Å². The van der Waals surface area contributed by atoms with E-state index >= 15 is 0 Å². The molecular formula is C21H22F5N3O5. The largest absolute Gasteiger partial charge is 0.493 e. The van der Waals surface area contributed by atoms with Gasteiger partial charge in [-0.25, -0.2) is 9.18 Å². The van der Waals surface area contributed by atoms with Gasteiger partial charge in [0.1, 0.15) is 11.9 Å². The molecule has 3 rings (SSSR count). The summed E-state index contributed by atoms with van der Waals surface area (Å²) in [4.78, 5) is 24.8. The van der Waals surface area contributed by atoms with Gasteiger partial charge in [-0.2, -0.15) is 22.7 Å². The molecule has 0 aliphatic carbocycles. The summed E-state index contributed by atoms with van der Waals surface area (Å²) in [6.45, 7) is 1.98. The first-order valence-corrected chi connectivity index (χ1v) is 9.96. The van der Waals surface area contributed by atoms with E-state index in [9.17, 15) is 31.5 Å². The zero-order valence-corrected chi connectivity index (χ0v) is 18.8. The van der Waals surface area contributed by atoms with E-state index in [1.54, 1.807) is 0 Å². The summed E-state index contributed by atoms with van der Waals surface area (Å²) in [6, 6.07) is 2.96. The van der Waals surface area contributed by atoms with Crippen LogP contribution in [-0.4, -0.2) is 53.8 Å². The molecule has 1 N–H and O–H groups in total. The Morgan fingerprint density at radius 2 is 1.88 bits per heavy atom. The van der Waals surface area contributed by atoms with Crippen molar-refractivity contribution >= 4 is 17.7 Å². The number of esters is 1. The molecular weight excluding hydrogens is 469 g/mol. The maximum Gasteiger partial charge on any atom is 0.417 e. The third-order valence-corrected chi connectivity index (χ3v) is 6.10. The fourth-order valence-corrected chi connectivity index (χ4v) is 4.03. The molecule has 2 aromatic rings. The fraction of sp³-hybridized carbons (Fsp3) is 0.476. The number of ether oxygens (including phenoxy) is 3. The summed E-state index contributed by atoms with van der Waals surface area (Å²) in [7, 11) is 3.54. The molecule has 1 aliphatic heterocycles. The van der Waals surface area contributed by atoms with E-state index in [-0.39, 0.29) is 17.1 Å². The molecule has 34 heavy (non-hydrogen) atoms. The van der Waals surface area contributed by atoms with E-state index in [1.165, 1.54) is 14.0 Å². The Kier molecular flexibility index (Phi) is 6.62. The van der Waals surface area contributed by atoms with Crippen LogP contribution in [0, 0.1) is 17.6 Å². The molecule has 1 fully saturated rings. The van der Waals surface area contributed by atoms with E-state index < -0.39 is 59.0 Å². The van der Waals surface area contributed by atoms with E-state index in [4.69, 9.17) is 9.47 Å². The maximum absolute atomic E-state index is 14.4. The molecule has 1 aromatic heterocycles. The van der Waals surface area contributed by atoms with Gasteiger partial charge in [0.05, 0.1) is 14.2 Å². The van der Waals surface area contributed by atoms with E-state index in [2.05, 4.69) is 15.2 Å². The van der Waals surface area contributed by atoms with Gasteiger partial charge >= 0.3 is 12.1 Å². The lowest BCUT2D eigenvalue weighted by Crippen LogP contribution is -2.47. The summed E-state index contributed by atoms with van der Waals surface area (Å²) in [5.74, 6) is -7.91. The summed E-state index contributed by atoms with van der Waals surface area (Å²) < 4.78 is 86.0. The van der Waals surface area contributed by atoms with Crippen LogP contribution in [0.5, 0.6) is 5.75 Å². The molecule has 0 bridgehead atoms. The van der Waals surface area contributed by atoms with Crippen LogP contribution in [0.2, 0.25) is 0 Å². The number of amides is 1. The molecule has 0 radical (unpaired) electrons. The number of halogens is 5. The number of nitrogens with zero attached hydrogens (tertiary/aromatic N) is 2. The highest BCUT2D eigenvalue weighted by Gasteiger charge is 2.66. The summed E-state index contributed by atoms with van der Waals surface area (Å²) >= 11 is 0. The SMILES string of the molecule is COC(=O)c1cc(NC(=O)[C@@H]2O[C@@](C)(C(F)(F)F)[C@@H](C)[C@H]2c2ccc(F)c(F)c2OC)n(C)n1. The molecule has 1 aliphatic rings. The summed E-state index contributed by atoms with van der Waals surface area (Å²) in [5.41, 5.74) is -3.11.